The number of carboxylic acid groups (broad SMARTS) is 1. The van der Waals surface area contributed by atoms with E-state index in [0.29, 0.717) is 25.9 Å². The Morgan fingerprint density at radius 3 is 1.90 bits per heavy atom. The highest BCUT2D eigenvalue weighted by Crippen LogP contribution is 2.56. The van der Waals surface area contributed by atoms with Crippen LogP contribution in [-0.4, -0.2) is 53.0 Å². The molecular weight excluding hydrogens is 364 g/mol. The van der Waals surface area contributed by atoms with Gasteiger partial charge < -0.3 is 10.0 Å². The lowest BCUT2D eigenvalue weighted by Gasteiger charge is -2.40. The molecule has 0 aromatic heterocycles. The minimum absolute atomic E-state index is 0.0184. The third kappa shape index (κ3) is 3.67. The summed E-state index contributed by atoms with van der Waals surface area (Å²) in [6, 6.07) is 21.1. The molecule has 1 aliphatic heterocycles. The molecular formula is C24H28N2O3. The van der Waals surface area contributed by atoms with Crippen molar-refractivity contribution in [1.29, 1.82) is 0 Å². The van der Waals surface area contributed by atoms with Crippen LogP contribution in [0.25, 0.3) is 0 Å². The maximum Gasteiger partial charge on any atom is 0.310 e. The van der Waals surface area contributed by atoms with E-state index >= 15 is 0 Å². The Bertz CT molecular complexity index is 823. The second kappa shape index (κ2) is 7.99. The van der Waals surface area contributed by atoms with Gasteiger partial charge in [-0.25, -0.2) is 0 Å². The van der Waals surface area contributed by atoms with E-state index in [0.717, 1.165) is 13.1 Å². The molecule has 2 aromatic carbocycles. The molecule has 1 N–H and O–H groups in total. The normalized spacial score (nSPS) is 24.5. The molecule has 5 heteroatoms. The summed E-state index contributed by atoms with van der Waals surface area (Å²) in [5.41, 5.74) is 1.67. The summed E-state index contributed by atoms with van der Waals surface area (Å²) in [6.45, 7) is 4.71. The van der Waals surface area contributed by atoms with E-state index in [1.54, 1.807) is 0 Å². The molecule has 0 spiro atoms. The van der Waals surface area contributed by atoms with E-state index in [-0.39, 0.29) is 17.9 Å². The molecule has 2 fully saturated rings. The fraction of sp³-hybridized carbons (Fsp3) is 0.417. The van der Waals surface area contributed by atoms with Crippen LogP contribution in [0.15, 0.2) is 60.7 Å². The minimum Gasteiger partial charge on any atom is -0.481 e. The summed E-state index contributed by atoms with van der Waals surface area (Å²) >= 11 is 0. The molecule has 1 saturated carbocycles. The van der Waals surface area contributed by atoms with Gasteiger partial charge in [-0.05, 0) is 24.0 Å². The molecule has 4 rings (SSSR count). The molecule has 152 valence electrons. The first-order chi connectivity index (χ1) is 14.1. The molecule has 1 saturated heterocycles. The van der Waals surface area contributed by atoms with Crippen LogP contribution in [0.1, 0.15) is 36.9 Å². The van der Waals surface area contributed by atoms with Crippen LogP contribution in [0.3, 0.4) is 0 Å². The van der Waals surface area contributed by atoms with Crippen molar-refractivity contribution in [2.75, 3.05) is 26.2 Å². The Morgan fingerprint density at radius 2 is 1.48 bits per heavy atom. The van der Waals surface area contributed by atoms with Crippen LogP contribution in [0.2, 0.25) is 0 Å². The third-order valence-electron chi connectivity index (χ3n) is 6.65. The van der Waals surface area contributed by atoms with Gasteiger partial charge in [0.1, 0.15) is 0 Å². The van der Waals surface area contributed by atoms with Gasteiger partial charge in [-0.2, -0.15) is 0 Å². The zero-order chi connectivity index (χ0) is 20.4. The summed E-state index contributed by atoms with van der Waals surface area (Å²) in [5, 5.41) is 9.51. The fourth-order valence-electron chi connectivity index (χ4n) is 4.71. The van der Waals surface area contributed by atoms with Gasteiger partial charge in [0.2, 0.25) is 5.91 Å². The van der Waals surface area contributed by atoms with Crippen molar-refractivity contribution in [2.45, 2.75) is 25.8 Å². The first-order valence-corrected chi connectivity index (χ1v) is 10.4. The average Bonchev–Trinajstić information content (AvgIpc) is 3.52. The molecule has 2 aromatic rings. The van der Waals surface area contributed by atoms with Crippen molar-refractivity contribution in [3.05, 3.63) is 71.8 Å². The second-order valence-electron chi connectivity index (χ2n) is 8.16. The highest BCUT2D eigenvalue weighted by Gasteiger charge is 2.63. The Kier molecular flexibility index (Phi) is 5.41. The van der Waals surface area contributed by atoms with Crippen LogP contribution < -0.4 is 0 Å². The number of hydrogen-bond donors (Lipinski definition) is 1. The first-order valence-electron chi connectivity index (χ1n) is 10.4. The Balaban J connectivity index is 1.46. The van der Waals surface area contributed by atoms with E-state index < -0.39 is 11.4 Å². The number of piperazine rings is 1. The predicted octanol–water partition coefficient (Wildman–Crippen LogP) is 3.42. The van der Waals surface area contributed by atoms with Crippen molar-refractivity contribution in [3.8, 4) is 0 Å². The number of hydrogen-bond acceptors (Lipinski definition) is 3. The summed E-state index contributed by atoms with van der Waals surface area (Å²) in [5.74, 6) is -1.16. The molecule has 2 aliphatic rings. The maximum absolute atomic E-state index is 12.9. The van der Waals surface area contributed by atoms with E-state index in [2.05, 4.69) is 53.4 Å². The number of benzene rings is 2. The SMILES string of the molecule is CC[C@@]1(C(=O)O)C[C@H]1C(=O)N1CCN(C(c2ccccc2)c2ccccc2)CC1. The van der Waals surface area contributed by atoms with Gasteiger partial charge in [0.25, 0.3) is 0 Å². The first kappa shape index (κ1) is 19.6. The largest absolute Gasteiger partial charge is 0.481 e. The van der Waals surface area contributed by atoms with Gasteiger partial charge in [0.05, 0.1) is 17.4 Å². The van der Waals surface area contributed by atoms with Gasteiger partial charge in [-0.15, -0.1) is 0 Å². The quantitative estimate of drug-likeness (QED) is 0.818. The Labute approximate surface area is 171 Å². The Hall–Kier alpha value is -2.66. The summed E-state index contributed by atoms with van der Waals surface area (Å²) < 4.78 is 0. The highest BCUT2D eigenvalue weighted by atomic mass is 16.4. The summed E-state index contributed by atoms with van der Waals surface area (Å²) in [6.07, 6.45) is 0.997. The molecule has 1 aliphatic carbocycles. The zero-order valence-corrected chi connectivity index (χ0v) is 16.8. The van der Waals surface area contributed by atoms with Gasteiger partial charge >= 0.3 is 5.97 Å². The number of carbonyl (C=O) groups is 2. The topological polar surface area (TPSA) is 60.9 Å². The molecule has 29 heavy (non-hydrogen) atoms. The lowest BCUT2D eigenvalue weighted by molar-refractivity contribution is -0.147. The standard InChI is InChI=1S/C24H28N2O3/c1-2-24(23(28)29)17-20(24)22(27)26-15-13-25(14-16-26)21(18-9-5-3-6-10-18)19-11-7-4-8-12-19/h3-12,20-21H,2,13-17H2,1H3,(H,28,29)/t20-,24+/m0/s1. The predicted molar refractivity (Wildman–Crippen MR) is 111 cm³/mol. The average molecular weight is 392 g/mol. The lowest BCUT2D eigenvalue weighted by Crippen LogP contribution is -2.50. The summed E-state index contributed by atoms with van der Waals surface area (Å²) in [7, 11) is 0. The van der Waals surface area contributed by atoms with Gasteiger partial charge in [-0.3, -0.25) is 14.5 Å². The highest BCUT2D eigenvalue weighted by molar-refractivity contribution is 5.92. The monoisotopic (exact) mass is 392 g/mol. The van der Waals surface area contributed by atoms with Crippen molar-refractivity contribution in [3.63, 3.8) is 0 Å². The fourth-order valence-corrected chi connectivity index (χ4v) is 4.71. The van der Waals surface area contributed by atoms with Crippen LogP contribution in [0, 0.1) is 11.3 Å². The number of aliphatic carboxylic acids is 1. The lowest BCUT2D eigenvalue weighted by atomic mass is 9.96. The molecule has 5 nitrogen and oxygen atoms in total. The van der Waals surface area contributed by atoms with Crippen molar-refractivity contribution < 1.29 is 14.7 Å². The van der Waals surface area contributed by atoms with Crippen molar-refractivity contribution in [2.24, 2.45) is 11.3 Å². The van der Waals surface area contributed by atoms with E-state index in [4.69, 9.17) is 0 Å². The number of nitrogens with zero attached hydrogens (tertiary/aromatic N) is 2. The number of carbonyl (C=O) groups excluding carboxylic acids is 1. The van der Waals surface area contributed by atoms with E-state index in [1.165, 1.54) is 11.1 Å². The minimum atomic E-state index is -0.829. The molecule has 1 amide bonds. The zero-order valence-electron chi connectivity index (χ0n) is 16.8. The third-order valence-corrected chi connectivity index (χ3v) is 6.65. The summed E-state index contributed by atoms with van der Waals surface area (Å²) in [4.78, 5) is 28.8. The van der Waals surface area contributed by atoms with Gasteiger partial charge in [0, 0.05) is 26.2 Å². The van der Waals surface area contributed by atoms with Crippen LogP contribution in [0.5, 0.6) is 0 Å². The number of amides is 1. The van der Waals surface area contributed by atoms with Crippen LogP contribution in [0.4, 0.5) is 0 Å². The molecule has 0 radical (unpaired) electrons. The second-order valence-corrected chi connectivity index (χ2v) is 8.16. The van der Waals surface area contributed by atoms with Gasteiger partial charge in [-0.1, -0.05) is 67.6 Å². The molecule has 0 unspecified atom stereocenters. The van der Waals surface area contributed by atoms with Gasteiger partial charge in [0.15, 0.2) is 0 Å². The van der Waals surface area contributed by atoms with Crippen molar-refractivity contribution in [1.82, 2.24) is 9.80 Å². The maximum atomic E-state index is 12.9. The van der Waals surface area contributed by atoms with Crippen molar-refractivity contribution >= 4 is 11.9 Å². The Morgan fingerprint density at radius 1 is 0.966 bits per heavy atom. The molecule has 0 bridgehead atoms. The molecule has 1 heterocycles. The number of carboxylic acids is 1. The number of rotatable bonds is 6. The van der Waals surface area contributed by atoms with Crippen LogP contribution >= 0.6 is 0 Å². The van der Waals surface area contributed by atoms with E-state index in [9.17, 15) is 14.7 Å². The van der Waals surface area contributed by atoms with Crippen LogP contribution in [-0.2, 0) is 9.59 Å². The molecule has 2 atom stereocenters. The van der Waals surface area contributed by atoms with E-state index in [1.807, 2.05) is 24.0 Å². The smallest absolute Gasteiger partial charge is 0.310 e.